The van der Waals surface area contributed by atoms with Gasteiger partial charge in [0.15, 0.2) is 0 Å². The first kappa shape index (κ1) is 17.4. The first-order valence-electron chi connectivity index (χ1n) is 6.48. The monoisotopic (exact) mass is 319 g/mol. The van der Waals surface area contributed by atoms with Crippen LogP contribution in [0.2, 0.25) is 5.02 Å². The highest BCUT2D eigenvalue weighted by Crippen LogP contribution is 2.26. The van der Waals surface area contributed by atoms with Crippen LogP contribution in [0.1, 0.15) is 32.8 Å². The van der Waals surface area contributed by atoms with Crippen molar-refractivity contribution in [2.75, 3.05) is 6.54 Å². The van der Waals surface area contributed by atoms with Gasteiger partial charge in [-0.3, -0.25) is 0 Å². The largest absolute Gasteiger partial charge is 0.393 e. The predicted molar refractivity (Wildman–Crippen MR) is 81.5 cm³/mol. The minimum Gasteiger partial charge on any atom is -0.393 e. The Morgan fingerprint density at radius 1 is 1.40 bits per heavy atom. The van der Waals surface area contributed by atoms with E-state index in [1.54, 1.807) is 26.0 Å². The van der Waals surface area contributed by atoms with Crippen LogP contribution >= 0.6 is 11.6 Å². The van der Waals surface area contributed by atoms with Crippen molar-refractivity contribution in [2.45, 2.75) is 45.1 Å². The molecule has 0 aromatic heterocycles. The van der Waals surface area contributed by atoms with Crippen LogP contribution in [0.4, 0.5) is 0 Å². The number of hydrogen-bond donors (Lipinski definition) is 2. The second-order valence-corrected chi connectivity index (χ2v) is 8.04. The SMILES string of the molecule is Cc1cccc(S(=O)(=O)NCC(C)(C)CC(C)O)c1Cl. The lowest BCUT2D eigenvalue weighted by molar-refractivity contribution is 0.131. The summed E-state index contributed by atoms with van der Waals surface area (Å²) in [5, 5.41) is 9.66. The van der Waals surface area contributed by atoms with Crippen LogP contribution in [-0.2, 0) is 10.0 Å². The van der Waals surface area contributed by atoms with E-state index >= 15 is 0 Å². The van der Waals surface area contributed by atoms with Crippen molar-refractivity contribution < 1.29 is 13.5 Å². The van der Waals surface area contributed by atoms with Crippen LogP contribution in [0.3, 0.4) is 0 Å². The molecular formula is C14H22ClNO3S. The molecule has 0 saturated carbocycles. The summed E-state index contributed by atoms with van der Waals surface area (Å²) in [7, 11) is -3.65. The molecule has 2 N–H and O–H groups in total. The van der Waals surface area contributed by atoms with E-state index in [0.29, 0.717) is 6.42 Å². The fourth-order valence-corrected chi connectivity index (χ4v) is 3.89. The molecule has 1 aromatic rings. The van der Waals surface area contributed by atoms with Crippen LogP contribution in [0.25, 0.3) is 0 Å². The number of hydrogen-bond acceptors (Lipinski definition) is 3. The number of aliphatic hydroxyl groups excluding tert-OH is 1. The summed E-state index contributed by atoms with van der Waals surface area (Å²) in [5.41, 5.74) is 0.384. The molecule has 1 aromatic carbocycles. The van der Waals surface area contributed by atoms with Crippen molar-refractivity contribution in [1.82, 2.24) is 4.72 Å². The Labute approximate surface area is 126 Å². The summed E-state index contributed by atoms with van der Waals surface area (Å²) in [6, 6.07) is 4.91. The number of halogens is 1. The number of nitrogens with one attached hydrogen (secondary N) is 1. The number of aliphatic hydroxyl groups is 1. The van der Waals surface area contributed by atoms with E-state index in [4.69, 9.17) is 11.6 Å². The maximum atomic E-state index is 12.3. The molecular weight excluding hydrogens is 298 g/mol. The van der Waals surface area contributed by atoms with Gasteiger partial charge in [-0.1, -0.05) is 37.6 Å². The van der Waals surface area contributed by atoms with E-state index < -0.39 is 16.1 Å². The van der Waals surface area contributed by atoms with Gasteiger partial charge < -0.3 is 5.11 Å². The minimum atomic E-state index is -3.65. The molecule has 0 aliphatic heterocycles. The summed E-state index contributed by atoms with van der Waals surface area (Å²) in [6.45, 7) is 7.50. The second kappa shape index (κ2) is 6.43. The molecule has 0 spiro atoms. The molecule has 1 unspecified atom stereocenters. The molecule has 0 fully saturated rings. The molecule has 0 heterocycles. The number of benzene rings is 1. The van der Waals surface area contributed by atoms with E-state index in [1.165, 1.54) is 6.07 Å². The van der Waals surface area contributed by atoms with Crippen LogP contribution < -0.4 is 4.72 Å². The summed E-state index contributed by atoms with van der Waals surface area (Å²) in [4.78, 5) is 0.0898. The van der Waals surface area contributed by atoms with E-state index in [2.05, 4.69) is 4.72 Å². The molecule has 114 valence electrons. The number of sulfonamides is 1. The molecule has 20 heavy (non-hydrogen) atoms. The summed E-state index contributed by atoms with van der Waals surface area (Å²) in [6.07, 6.45) is 0.0360. The Morgan fingerprint density at radius 3 is 2.55 bits per heavy atom. The quantitative estimate of drug-likeness (QED) is 0.847. The van der Waals surface area contributed by atoms with Gasteiger partial charge in [0.05, 0.1) is 11.1 Å². The molecule has 6 heteroatoms. The van der Waals surface area contributed by atoms with Crippen molar-refractivity contribution in [3.63, 3.8) is 0 Å². The average molecular weight is 320 g/mol. The normalized spacial score (nSPS) is 14.3. The van der Waals surface area contributed by atoms with E-state index in [0.717, 1.165) is 5.56 Å². The zero-order valence-electron chi connectivity index (χ0n) is 12.3. The van der Waals surface area contributed by atoms with Crippen LogP contribution in [0, 0.1) is 12.3 Å². The molecule has 1 atom stereocenters. The lowest BCUT2D eigenvalue weighted by atomic mass is 9.87. The fraction of sp³-hybridized carbons (Fsp3) is 0.571. The van der Waals surface area contributed by atoms with Gasteiger partial charge in [-0.25, -0.2) is 13.1 Å². The van der Waals surface area contributed by atoms with Crippen LogP contribution in [0.15, 0.2) is 23.1 Å². The first-order valence-corrected chi connectivity index (χ1v) is 8.34. The summed E-state index contributed by atoms with van der Waals surface area (Å²) in [5.74, 6) is 0. The van der Waals surface area contributed by atoms with Crippen LogP contribution in [0.5, 0.6) is 0 Å². The fourth-order valence-electron chi connectivity index (χ4n) is 2.07. The van der Waals surface area contributed by atoms with E-state index in [9.17, 15) is 13.5 Å². The Hall–Kier alpha value is -0.620. The third-order valence-electron chi connectivity index (χ3n) is 3.03. The third-order valence-corrected chi connectivity index (χ3v) is 5.09. The summed E-state index contributed by atoms with van der Waals surface area (Å²) < 4.78 is 27.1. The predicted octanol–water partition coefficient (Wildman–Crippen LogP) is 2.72. The highest BCUT2D eigenvalue weighted by Gasteiger charge is 2.25. The Kier molecular flexibility index (Phi) is 5.61. The van der Waals surface area contributed by atoms with Gasteiger partial charge >= 0.3 is 0 Å². The molecule has 4 nitrogen and oxygen atoms in total. The van der Waals surface area contributed by atoms with Crippen LogP contribution in [-0.4, -0.2) is 26.2 Å². The van der Waals surface area contributed by atoms with Crippen molar-refractivity contribution in [1.29, 1.82) is 0 Å². The number of rotatable bonds is 6. The molecule has 0 radical (unpaired) electrons. The lowest BCUT2D eigenvalue weighted by Gasteiger charge is -2.26. The van der Waals surface area contributed by atoms with Crippen molar-refractivity contribution >= 4 is 21.6 Å². The standard InChI is InChI=1S/C14H22ClNO3S/c1-10-6-5-7-12(13(10)15)20(18,19)16-9-14(3,4)8-11(2)17/h5-7,11,16-17H,8-9H2,1-4H3. The highest BCUT2D eigenvalue weighted by atomic mass is 35.5. The molecule has 0 bridgehead atoms. The second-order valence-electron chi connectivity index (χ2n) is 5.93. The Morgan fingerprint density at radius 2 is 2.00 bits per heavy atom. The molecule has 1 rings (SSSR count). The Balaban J connectivity index is 2.89. The lowest BCUT2D eigenvalue weighted by Crippen LogP contribution is -2.35. The van der Waals surface area contributed by atoms with E-state index in [-0.39, 0.29) is 21.9 Å². The average Bonchev–Trinajstić information content (AvgIpc) is 2.29. The van der Waals surface area contributed by atoms with Gasteiger partial charge in [-0.2, -0.15) is 0 Å². The van der Waals surface area contributed by atoms with Crippen molar-refractivity contribution in [3.8, 4) is 0 Å². The molecule has 0 aliphatic rings. The Bertz CT molecular complexity index is 568. The summed E-state index contributed by atoms with van der Waals surface area (Å²) >= 11 is 6.05. The zero-order valence-corrected chi connectivity index (χ0v) is 13.8. The topological polar surface area (TPSA) is 66.4 Å². The van der Waals surface area contributed by atoms with E-state index in [1.807, 2.05) is 13.8 Å². The highest BCUT2D eigenvalue weighted by molar-refractivity contribution is 7.89. The molecule has 0 saturated heterocycles. The van der Waals surface area contributed by atoms with Gasteiger partial charge in [-0.05, 0) is 37.3 Å². The number of aryl methyl sites for hydroxylation is 1. The zero-order chi connectivity index (χ0) is 15.6. The third kappa shape index (κ3) is 4.74. The van der Waals surface area contributed by atoms with Crippen molar-refractivity contribution in [3.05, 3.63) is 28.8 Å². The minimum absolute atomic E-state index is 0.0898. The smallest absolute Gasteiger partial charge is 0.242 e. The first-order chi connectivity index (χ1) is 9.05. The van der Waals surface area contributed by atoms with Gasteiger partial charge in [-0.15, -0.1) is 0 Å². The maximum Gasteiger partial charge on any atom is 0.242 e. The van der Waals surface area contributed by atoms with Gasteiger partial charge in [0.25, 0.3) is 0 Å². The van der Waals surface area contributed by atoms with Crippen molar-refractivity contribution in [2.24, 2.45) is 5.41 Å². The maximum absolute atomic E-state index is 12.3. The van der Waals surface area contributed by atoms with Gasteiger partial charge in [0, 0.05) is 6.54 Å². The molecule has 0 aliphatic carbocycles. The van der Waals surface area contributed by atoms with Gasteiger partial charge in [0.1, 0.15) is 4.90 Å². The van der Waals surface area contributed by atoms with Gasteiger partial charge in [0.2, 0.25) is 10.0 Å². The molecule has 0 amide bonds.